The standard InChI is InChI=1S/C48H42N4/c1-31(33-10-6-4-7-11-33)51-47(36-12-8-5-9-13-36)52-46(50)35-17-15-34(16-18-35)37-19-20-39-28-40(22-21-38(39)27-37)41-23-25-43-42-24-14-32(30-49)26-44(42)48(2,3)45(43)29-41/h4-29,31,46-47,51-52H,50H2,1-3H3. The molecule has 0 spiro atoms. The van der Waals surface area contributed by atoms with E-state index in [4.69, 9.17) is 5.73 Å². The minimum atomic E-state index is -0.362. The molecule has 3 atom stereocenters. The molecule has 0 heterocycles. The Balaban J connectivity index is 0.998. The highest BCUT2D eigenvalue weighted by molar-refractivity contribution is 5.92. The van der Waals surface area contributed by atoms with E-state index in [0.717, 1.165) is 16.7 Å². The predicted molar refractivity (Wildman–Crippen MR) is 214 cm³/mol. The van der Waals surface area contributed by atoms with E-state index in [-0.39, 0.29) is 23.8 Å². The van der Waals surface area contributed by atoms with E-state index in [1.165, 1.54) is 55.3 Å². The summed E-state index contributed by atoms with van der Waals surface area (Å²) in [4.78, 5) is 0. The van der Waals surface area contributed by atoms with Crippen molar-refractivity contribution in [2.24, 2.45) is 5.73 Å². The molecule has 0 saturated carbocycles. The van der Waals surface area contributed by atoms with Crippen LogP contribution >= 0.6 is 0 Å². The summed E-state index contributed by atoms with van der Waals surface area (Å²) in [5, 5.41) is 19.3. The molecule has 3 unspecified atom stereocenters. The van der Waals surface area contributed by atoms with Crippen molar-refractivity contribution in [3.63, 3.8) is 0 Å². The molecule has 4 nitrogen and oxygen atoms in total. The van der Waals surface area contributed by atoms with Gasteiger partial charge in [0, 0.05) is 11.5 Å². The third-order valence-electron chi connectivity index (χ3n) is 10.8. The van der Waals surface area contributed by atoms with Gasteiger partial charge >= 0.3 is 0 Å². The van der Waals surface area contributed by atoms with Crippen LogP contribution < -0.4 is 16.4 Å². The second-order valence-corrected chi connectivity index (χ2v) is 14.4. The molecular weight excluding hydrogens is 633 g/mol. The summed E-state index contributed by atoms with van der Waals surface area (Å²) in [6.07, 6.45) is -0.493. The normalized spacial score (nSPS) is 14.6. The highest BCUT2D eigenvalue weighted by atomic mass is 15.2. The number of rotatable bonds is 9. The Morgan fingerprint density at radius 2 is 1.06 bits per heavy atom. The fourth-order valence-corrected chi connectivity index (χ4v) is 7.72. The van der Waals surface area contributed by atoms with Gasteiger partial charge in [0.25, 0.3) is 0 Å². The van der Waals surface area contributed by atoms with Crippen LogP contribution in [-0.2, 0) is 5.41 Å². The first-order valence-electron chi connectivity index (χ1n) is 18.0. The molecule has 1 aliphatic rings. The Morgan fingerprint density at radius 1 is 0.538 bits per heavy atom. The number of nitrogens with two attached hydrogens (primary N) is 1. The van der Waals surface area contributed by atoms with Gasteiger partial charge in [-0.25, -0.2) is 0 Å². The Hall–Kier alpha value is -5.83. The fourth-order valence-electron chi connectivity index (χ4n) is 7.72. The van der Waals surface area contributed by atoms with E-state index in [1.807, 2.05) is 18.2 Å². The number of nitrogens with zero attached hydrogens (tertiary/aromatic N) is 1. The zero-order valence-electron chi connectivity index (χ0n) is 29.8. The van der Waals surface area contributed by atoms with Crippen molar-refractivity contribution >= 4 is 10.8 Å². The fraction of sp³-hybridized carbons (Fsp3) is 0.146. The molecule has 1 aliphatic carbocycles. The lowest BCUT2D eigenvalue weighted by atomic mass is 9.81. The summed E-state index contributed by atoms with van der Waals surface area (Å²) in [5.41, 5.74) is 20.4. The van der Waals surface area contributed by atoms with Gasteiger partial charge in [-0.2, -0.15) is 5.26 Å². The van der Waals surface area contributed by atoms with Gasteiger partial charge in [-0.05, 0) is 109 Å². The maximum Gasteiger partial charge on any atom is 0.0991 e. The molecule has 254 valence electrons. The molecule has 4 heteroatoms. The molecule has 0 aliphatic heterocycles. The summed E-state index contributed by atoms with van der Waals surface area (Å²) in [7, 11) is 0. The average molecular weight is 675 g/mol. The van der Waals surface area contributed by atoms with Crippen molar-refractivity contribution in [3.05, 3.63) is 191 Å². The number of hydrogen-bond donors (Lipinski definition) is 3. The van der Waals surface area contributed by atoms with Crippen LogP contribution in [0, 0.1) is 11.3 Å². The molecular formula is C48H42N4. The summed E-state index contributed by atoms with van der Waals surface area (Å²) in [6.45, 7) is 6.69. The van der Waals surface area contributed by atoms with E-state index in [2.05, 4.69) is 177 Å². The monoisotopic (exact) mass is 674 g/mol. The number of hydrogen-bond acceptors (Lipinski definition) is 4. The summed E-state index contributed by atoms with van der Waals surface area (Å²) < 4.78 is 0. The zero-order valence-corrected chi connectivity index (χ0v) is 29.8. The molecule has 8 rings (SSSR count). The maximum atomic E-state index is 9.50. The first-order chi connectivity index (χ1) is 25.3. The molecule has 0 amide bonds. The van der Waals surface area contributed by atoms with E-state index in [9.17, 15) is 5.26 Å². The van der Waals surface area contributed by atoms with Gasteiger partial charge in [-0.15, -0.1) is 0 Å². The average Bonchev–Trinajstić information content (AvgIpc) is 3.42. The molecule has 0 aromatic heterocycles. The molecule has 7 aromatic rings. The van der Waals surface area contributed by atoms with E-state index in [0.29, 0.717) is 5.56 Å². The molecule has 0 bridgehead atoms. The summed E-state index contributed by atoms with van der Waals surface area (Å²) >= 11 is 0. The molecule has 0 saturated heterocycles. The number of fused-ring (bicyclic) bond motifs is 4. The first kappa shape index (κ1) is 33.3. The van der Waals surface area contributed by atoms with Gasteiger partial charge in [0.2, 0.25) is 0 Å². The quantitative estimate of drug-likeness (QED) is 0.133. The Bertz CT molecular complexity index is 2430. The van der Waals surface area contributed by atoms with Crippen LogP contribution in [0.15, 0.2) is 158 Å². The van der Waals surface area contributed by atoms with Gasteiger partial charge in [0.05, 0.1) is 24.0 Å². The van der Waals surface area contributed by atoms with Crippen LogP contribution in [0.2, 0.25) is 0 Å². The van der Waals surface area contributed by atoms with Gasteiger partial charge in [0.15, 0.2) is 0 Å². The van der Waals surface area contributed by atoms with Crippen LogP contribution in [0.4, 0.5) is 0 Å². The van der Waals surface area contributed by atoms with Gasteiger partial charge in [0.1, 0.15) is 0 Å². The minimum Gasteiger partial charge on any atom is -0.312 e. The molecule has 7 aromatic carbocycles. The van der Waals surface area contributed by atoms with Gasteiger partial charge in [-0.1, -0.05) is 141 Å². The molecule has 4 N–H and O–H groups in total. The molecule has 0 radical (unpaired) electrons. The van der Waals surface area contributed by atoms with E-state index >= 15 is 0 Å². The zero-order chi connectivity index (χ0) is 35.8. The smallest absolute Gasteiger partial charge is 0.0991 e. The second kappa shape index (κ2) is 13.7. The highest BCUT2D eigenvalue weighted by Gasteiger charge is 2.35. The lowest BCUT2D eigenvalue weighted by Crippen LogP contribution is -2.40. The van der Waals surface area contributed by atoms with E-state index < -0.39 is 0 Å². The maximum absolute atomic E-state index is 9.50. The number of nitriles is 1. The SMILES string of the molecule is CC(NC(NC(N)c1ccc(-c2ccc3cc(-c4ccc5c(c4)C(C)(C)c4cc(C#N)ccc4-5)ccc3c2)cc1)c1ccccc1)c1ccccc1. The molecule has 0 fully saturated rings. The van der Waals surface area contributed by atoms with Crippen LogP contribution in [0.1, 0.15) is 72.5 Å². The predicted octanol–water partition coefficient (Wildman–Crippen LogP) is 10.9. The van der Waals surface area contributed by atoms with Crippen molar-refractivity contribution in [2.45, 2.75) is 44.6 Å². The third-order valence-corrected chi connectivity index (χ3v) is 10.8. The van der Waals surface area contributed by atoms with E-state index in [1.54, 1.807) is 0 Å². The van der Waals surface area contributed by atoms with Crippen LogP contribution in [0.3, 0.4) is 0 Å². The minimum absolute atomic E-state index is 0.131. The second-order valence-electron chi connectivity index (χ2n) is 14.4. The Kier molecular flexibility index (Phi) is 8.79. The lowest BCUT2D eigenvalue weighted by Gasteiger charge is -2.28. The largest absolute Gasteiger partial charge is 0.312 e. The van der Waals surface area contributed by atoms with Gasteiger partial charge < -0.3 is 5.73 Å². The number of nitrogens with one attached hydrogen (secondary N) is 2. The first-order valence-corrected chi connectivity index (χ1v) is 18.0. The van der Waals surface area contributed by atoms with Crippen molar-refractivity contribution < 1.29 is 0 Å². The lowest BCUT2D eigenvalue weighted by molar-refractivity contribution is 0.356. The van der Waals surface area contributed by atoms with Crippen LogP contribution in [0.5, 0.6) is 0 Å². The Morgan fingerprint density at radius 3 is 1.69 bits per heavy atom. The number of benzene rings is 7. The molecule has 52 heavy (non-hydrogen) atoms. The highest BCUT2D eigenvalue weighted by Crippen LogP contribution is 2.50. The third kappa shape index (κ3) is 6.32. The summed E-state index contributed by atoms with van der Waals surface area (Å²) in [5.74, 6) is 0. The van der Waals surface area contributed by atoms with Crippen LogP contribution in [0.25, 0.3) is 44.2 Å². The Labute approximate surface area is 306 Å². The van der Waals surface area contributed by atoms with Crippen LogP contribution in [-0.4, -0.2) is 0 Å². The topological polar surface area (TPSA) is 73.9 Å². The van der Waals surface area contributed by atoms with Crippen molar-refractivity contribution in [2.75, 3.05) is 0 Å². The van der Waals surface area contributed by atoms with Crippen molar-refractivity contribution in [1.82, 2.24) is 10.6 Å². The van der Waals surface area contributed by atoms with Crippen molar-refractivity contribution in [1.29, 1.82) is 5.26 Å². The summed E-state index contributed by atoms with van der Waals surface area (Å²) in [6, 6.07) is 58.2. The van der Waals surface area contributed by atoms with Crippen molar-refractivity contribution in [3.8, 4) is 39.4 Å². The van der Waals surface area contributed by atoms with Gasteiger partial charge in [-0.3, -0.25) is 10.6 Å².